The molecule has 4 heteroatoms. The zero-order chi connectivity index (χ0) is 11.1. The van der Waals surface area contributed by atoms with Crippen LogP contribution >= 0.6 is 11.9 Å². The van der Waals surface area contributed by atoms with Crippen LogP contribution < -0.4 is 4.72 Å². The summed E-state index contributed by atoms with van der Waals surface area (Å²) < 4.78 is 2.96. The number of benzene rings is 1. The zero-order valence-corrected chi connectivity index (χ0v) is 9.17. The summed E-state index contributed by atoms with van der Waals surface area (Å²) in [6.45, 7) is 0. The van der Waals surface area contributed by atoms with Crippen molar-refractivity contribution in [1.82, 2.24) is 4.72 Å². The highest BCUT2D eigenvalue weighted by Gasteiger charge is 1.98. The highest BCUT2D eigenvalue weighted by atomic mass is 32.2. The minimum absolute atomic E-state index is 0.640. The summed E-state index contributed by atoms with van der Waals surface area (Å²) in [5.74, 6) is 0. The molecule has 0 atom stereocenters. The van der Waals surface area contributed by atoms with Gasteiger partial charge in [-0.1, -0.05) is 36.2 Å². The van der Waals surface area contributed by atoms with E-state index in [2.05, 4.69) is 4.72 Å². The van der Waals surface area contributed by atoms with Crippen LogP contribution in [0.4, 0.5) is 0 Å². The molecule has 0 aliphatic heterocycles. The molecule has 0 saturated carbocycles. The van der Waals surface area contributed by atoms with Gasteiger partial charge in [-0.15, -0.1) is 0 Å². The van der Waals surface area contributed by atoms with Crippen LogP contribution in [0.5, 0.6) is 0 Å². The molecule has 0 amide bonds. The Balaban J connectivity index is 2.92. The quantitative estimate of drug-likeness (QED) is 0.455. The molecule has 0 aliphatic rings. The van der Waals surface area contributed by atoms with Gasteiger partial charge >= 0.3 is 0 Å². The average Bonchev–Trinajstić information content (AvgIpc) is 2.31. The molecule has 1 aromatic carbocycles. The molecule has 0 heterocycles. The Morgan fingerprint density at radius 1 is 1.40 bits per heavy atom. The maximum atomic E-state index is 10.5. The summed E-state index contributed by atoms with van der Waals surface area (Å²) in [5.41, 5.74) is 2.33. The Labute approximate surface area is 93.2 Å². The highest BCUT2D eigenvalue weighted by molar-refractivity contribution is 7.96. The van der Waals surface area contributed by atoms with Gasteiger partial charge in [0.15, 0.2) is 0 Å². The standard InChI is InChI=1S/C11H12N2OS/c1-15-13-7-11(6-12)10-4-2-9(8-14)3-5-10/h2-8,12-13H,1H3/b11-7+,12-6?. The van der Waals surface area contributed by atoms with E-state index < -0.39 is 0 Å². The Kier molecular flexibility index (Phi) is 4.63. The molecule has 78 valence electrons. The van der Waals surface area contributed by atoms with Crippen molar-refractivity contribution in [2.24, 2.45) is 0 Å². The first kappa shape index (κ1) is 11.5. The Morgan fingerprint density at radius 2 is 2.07 bits per heavy atom. The third-order valence-corrected chi connectivity index (χ3v) is 2.22. The molecule has 0 bridgehead atoms. The van der Waals surface area contributed by atoms with Crippen LogP contribution in [0.1, 0.15) is 15.9 Å². The first-order chi connectivity index (χ1) is 7.31. The van der Waals surface area contributed by atoms with Crippen LogP contribution in [0.2, 0.25) is 0 Å². The van der Waals surface area contributed by atoms with Gasteiger partial charge in [0.2, 0.25) is 0 Å². The van der Waals surface area contributed by atoms with Gasteiger partial charge < -0.3 is 10.1 Å². The molecule has 3 nitrogen and oxygen atoms in total. The smallest absolute Gasteiger partial charge is 0.150 e. The van der Waals surface area contributed by atoms with Crippen molar-refractivity contribution >= 4 is 30.0 Å². The van der Waals surface area contributed by atoms with Gasteiger partial charge in [0, 0.05) is 29.8 Å². The molecular formula is C11H12N2OS. The van der Waals surface area contributed by atoms with Gasteiger partial charge in [-0.2, -0.15) is 0 Å². The largest absolute Gasteiger partial charge is 0.336 e. The average molecular weight is 220 g/mol. The number of nitrogens with one attached hydrogen (secondary N) is 2. The van der Waals surface area contributed by atoms with Crippen molar-refractivity contribution < 1.29 is 4.79 Å². The van der Waals surface area contributed by atoms with Crippen molar-refractivity contribution in [2.45, 2.75) is 0 Å². The van der Waals surface area contributed by atoms with Gasteiger partial charge in [0.25, 0.3) is 0 Å². The number of carbonyl (C=O) groups excluding carboxylic acids is 1. The van der Waals surface area contributed by atoms with Crippen LogP contribution in [-0.2, 0) is 0 Å². The fraction of sp³-hybridized carbons (Fsp3) is 0.0909. The normalized spacial score (nSPS) is 10.9. The van der Waals surface area contributed by atoms with Crippen molar-refractivity contribution in [2.75, 3.05) is 6.26 Å². The first-order valence-electron chi connectivity index (χ1n) is 4.36. The number of allylic oxidation sites excluding steroid dienone is 1. The summed E-state index contributed by atoms with van der Waals surface area (Å²) >= 11 is 1.46. The molecule has 1 rings (SSSR count). The third-order valence-electron chi connectivity index (χ3n) is 1.87. The van der Waals surface area contributed by atoms with Crippen molar-refractivity contribution in [3.05, 3.63) is 41.6 Å². The van der Waals surface area contributed by atoms with Gasteiger partial charge in [-0.25, -0.2) is 0 Å². The van der Waals surface area contributed by atoms with Crippen LogP contribution in [0.25, 0.3) is 5.57 Å². The van der Waals surface area contributed by atoms with Crippen molar-refractivity contribution in [3.8, 4) is 0 Å². The Morgan fingerprint density at radius 3 is 2.53 bits per heavy atom. The molecule has 0 aliphatic carbocycles. The van der Waals surface area contributed by atoms with Crippen molar-refractivity contribution in [1.29, 1.82) is 5.41 Å². The van der Waals surface area contributed by atoms with Crippen LogP contribution in [-0.4, -0.2) is 18.8 Å². The molecule has 0 aromatic heterocycles. The maximum absolute atomic E-state index is 10.5. The van der Waals surface area contributed by atoms with E-state index in [1.165, 1.54) is 18.2 Å². The van der Waals surface area contributed by atoms with E-state index in [1.54, 1.807) is 18.3 Å². The van der Waals surface area contributed by atoms with E-state index in [1.807, 2.05) is 18.4 Å². The van der Waals surface area contributed by atoms with Crippen LogP contribution in [0.15, 0.2) is 30.5 Å². The minimum Gasteiger partial charge on any atom is -0.336 e. The van der Waals surface area contributed by atoms with Crippen LogP contribution in [0, 0.1) is 5.41 Å². The lowest BCUT2D eigenvalue weighted by Gasteiger charge is -2.02. The SMILES string of the molecule is CSN/C=C(\C=N)c1ccc(C=O)cc1. The van der Waals surface area contributed by atoms with Gasteiger partial charge in [-0.3, -0.25) is 4.79 Å². The van der Waals surface area contributed by atoms with E-state index in [0.29, 0.717) is 5.56 Å². The summed E-state index contributed by atoms with van der Waals surface area (Å²) in [4.78, 5) is 10.5. The van der Waals surface area contributed by atoms with E-state index in [9.17, 15) is 4.79 Å². The number of rotatable bonds is 5. The predicted molar refractivity (Wildman–Crippen MR) is 65.2 cm³/mol. The number of hydrogen-bond acceptors (Lipinski definition) is 4. The second-order valence-electron chi connectivity index (χ2n) is 2.81. The Bertz CT molecular complexity index is 371. The molecule has 0 radical (unpaired) electrons. The topological polar surface area (TPSA) is 53.0 Å². The summed E-state index contributed by atoms with van der Waals surface area (Å²) in [5, 5.41) is 7.26. The number of aldehydes is 1. The zero-order valence-electron chi connectivity index (χ0n) is 8.36. The van der Waals surface area contributed by atoms with E-state index >= 15 is 0 Å². The van der Waals surface area contributed by atoms with Crippen LogP contribution in [0.3, 0.4) is 0 Å². The number of hydrogen-bond donors (Lipinski definition) is 2. The summed E-state index contributed by atoms with van der Waals surface area (Å²) in [7, 11) is 0. The van der Waals surface area contributed by atoms with Gasteiger partial charge in [0.1, 0.15) is 6.29 Å². The number of carbonyl (C=O) groups is 1. The third kappa shape index (κ3) is 3.25. The summed E-state index contributed by atoms with van der Waals surface area (Å²) in [6, 6.07) is 7.11. The second kappa shape index (κ2) is 6.03. The highest BCUT2D eigenvalue weighted by Crippen LogP contribution is 2.12. The van der Waals surface area contributed by atoms with Gasteiger partial charge in [0.05, 0.1) is 0 Å². The molecular weight excluding hydrogens is 208 g/mol. The summed E-state index contributed by atoms with van der Waals surface area (Å²) in [6.07, 6.45) is 5.75. The molecule has 0 spiro atoms. The predicted octanol–water partition coefficient (Wildman–Crippen LogP) is 2.36. The second-order valence-corrected chi connectivity index (χ2v) is 3.45. The molecule has 0 saturated heterocycles. The van der Waals surface area contributed by atoms with E-state index in [4.69, 9.17) is 5.41 Å². The van der Waals surface area contributed by atoms with E-state index in [-0.39, 0.29) is 0 Å². The fourth-order valence-corrected chi connectivity index (χ4v) is 1.33. The van der Waals surface area contributed by atoms with Crippen molar-refractivity contribution in [3.63, 3.8) is 0 Å². The Hall–Kier alpha value is -1.55. The van der Waals surface area contributed by atoms with E-state index in [0.717, 1.165) is 17.4 Å². The minimum atomic E-state index is 0.640. The molecule has 0 fully saturated rings. The molecule has 2 N–H and O–H groups in total. The monoisotopic (exact) mass is 220 g/mol. The first-order valence-corrected chi connectivity index (χ1v) is 5.59. The molecule has 0 unspecified atom stereocenters. The lowest BCUT2D eigenvalue weighted by molar-refractivity contribution is 0.112. The fourth-order valence-electron chi connectivity index (χ4n) is 1.08. The lowest BCUT2D eigenvalue weighted by atomic mass is 10.1. The molecule has 1 aromatic rings. The maximum Gasteiger partial charge on any atom is 0.150 e. The lowest BCUT2D eigenvalue weighted by Crippen LogP contribution is -1.94. The van der Waals surface area contributed by atoms with Gasteiger partial charge in [-0.05, 0) is 5.56 Å². The molecule has 15 heavy (non-hydrogen) atoms.